The molecule has 0 aromatic heterocycles. The van der Waals surface area contributed by atoms with E-state index in [0.717, 1.165) is 25.9 Å². The molecular formula is C23H46O5. The van der Waals surface area contributed by atoms with Gasteiger partial charge in [0.15, 0.2) is 0 Å². The van der Waals surface area contributed by atoms with Crippen molar-refractivity contribution in [2.75, 3.05) is 33.0 Å². The Morgan fingerprint density at radius 2 is 1.39 bits per heavy atom. The van der Waals surface area contributed by atoms with Gasteiger partial charge >= 0.3 is 0 Å². The van der Waals surface area contributed by atoms with Gasteiger partial charge in [0.25, 0.3) is 5.97 Å². The number of epoxide rings is 1. The van der Waals surface area contributed by atoms with Crippen LogP contribution in [-0.2, 0) is 23.7 Å². The van der Waals surface area contributed by atoms with Crippen LogP contribution >= 0.6 is 0 Å². The lowest BCUT2D eigenvalue weighted by Gasteiger charge is -2.39. The second-order valence-corrected chi connectivity index (χ2v) is 7.83. The Morgan fingerprint density at radius 1 is 0.821 bits per heavy atom. The van der Waals surface area contributed by atoms with Crippen molar-refractivity contribution in [3.63, 3.8) is 0 Å². The molecule has 0 amide bonds. The van der Waals surface area contributed by atoms with E-state index in [2.05, 4.69) is 13.8 Å². The average Bonchev–Trinajstić information content (AvgIpc) is 3.50. The Morgan fingerprint density at radius 3 is 1.93 bits per heavy atom. The molecule has 0 saturated carbocycles. The maximum Gasteiger partial charge on any atom is 0.285 e. The Kier molecular flexibility index (Phi) is 14.4. The third kappa shape index (κ3) is 10.5. The Hall–Kier alpha value is -0.200. The van der Waals surface area contributed by atoms with Crippen LogP contribution < -0.4 is 0 Å². The van der Waals surface area contributed by atoms with Gasteiger partial charge in [0.2, 0.25) is 0 Å². The van der Waals surface area contributed by atoms with Gasteiger partial charge in [0, 0.05) is 25.7 Å². The van der Waals surface area contributed by atoms with Crippen molar-refractivity contribution in [3.05, 3.63) is 0 Å². The van der Waals surface area contributed by atoms with E-state index in [1.807, 2.05) is 20.8 Å². The minimum Gasteiger partial charge on any atom is -0.376 e. The highest BCUT2D eigenvalue weighted by Gasteiger charge is 2.41. The first kappa shape index (κ1) is 25.8. The molecule has 3 unspecified atom stereocenters. The summed E-state index contributed by atoms with van der Waals surface area (Å²) in [5.41, 5.74) is 0. The topological polar surface area (TPSA) is 49.5 Å². The van der Waals surface area contributed by atoms with Crippen LogP contribution in [0.25, 0.3) is 0 Å². The predicted molar refractivity (Wildman–Crippen MR) is 113 cm³/mol. The van der Waals surface area contributed by atoms with E-state index in [9.17, 15) is 0 Å². The molecule has 5 heteroatoms. The summed E-state index contributed by atoms with van der Waals surface area (Å²) in [5, 5.41) is 0. The predicted octanol–water partition coefficient (Wildman–Crippen LogP) is 5.70. The van der Waals surface area contributed by atoms with Crippen molar-refractivity contribution in [1.29, 1.82) is 0 Å². The summed E-state index contributed by atoms with van der Waals surface area (Å²) < 4.78 is 29.5. The molecule has 0 spiro atoms. The first-order valence-electron chi connectivity index (χ1n) is 11.8. The van der Waals surface area contributed by atoms with E-state index >= 15 is 0 Å². The highest BCUT2D eigenvalue weighted by atomic mass is 16.9. The molecule has 168 valence electrons. The molecule has 1 rings (SSSR count). The molecule has 1 aliphatic rings. The lowest BCUT2D eigenvalue weighted by atomic mass is 9.91. The third-order valence-electron chi connectivity index (χ3n) is 5.33. The first-order valence-corrected chi connectivity index (χ1v) is 11.8. The van der Waals surface area contributed by atoms with Gasteiger partial charge in [-0.3, -0.25) is 0 Å². The van der Waals surface area contributed by atoms with Crippen molar-refractivity contribution in [2.45, 2.75) is 111 Å². The third-order valence-corrected chi connectivity index (χ3v) is 5.33. The van der Waals surface area contributed by atoms with Gasteiger partial charge in [-0.2, -0.15) is 0 Å². The van der Waals surface area contributed by atoms with E-state index in [1.165, 1.54) is 38.5 Å². The van der Waals surface area contributed by atoms with Gasteiger partial charge in [-0.05, 0) is 47.0 Å². The maximum absolute atomic E-state index is 6.10. The number of unbranched alkanes of at least 4 members (excludes halogenated alkanes) is 5. The van der Waals surface area contributed by atoms with Crippen LogP contribution in [0.4, 0.5) is 0 Å². The second kappa shape index (κ2) is 15.6. The molecule has 3 atom stereocenters. The summed E-state index contributed by atoms with van der Waals surface area (Å²) in [4.78, 5) is 0. The highest BCUT2D eigenvalue weighted by molar-refractivity contribution is 4.75. The van der Waals surface area contributed by atoms with Crippen molar-refractivity contribution in [2.24, 2.45) is 5.92 Å². The largest absolute Gasteiger partial charge is 0.376 e. The molecule has 5 nitrogen and oxygen atoms in total. The summed E-state index contributed by atoms with van der Waals surface area (Å²) in [6, 6.07) is 0. The molecule has 0 aromatic carbocycles. The number of hydrogen-bond acceptors (Lipinski definition) is 5. The summed E-state index contributed by atoms with van der Waals surface area (Å²) in [6.45, 7) is 13.7. The van der Waals surface area contributed by atoms with Gasteiger partial charge in [-0.25, -0.2) is 0 Å². The van der Waals surface area contributed by atoms with Crippen LogP contribution in [0, 0.1) is 5.92 Å². The summed E-state index contributed by atoms with van der Waals surface area (Å²) in [5.74, 6) is -0.720. The van der Waals surface area contributed by atoms with Crippen LogP contribution in [0.15, 0.2) is 0 Å². The van der Waals surface area contributed by atoms with E-state index in [-0.39, 0.29) is 12.0 Å². The standard InChI is InChI=1S/C23H46O5/c1-6-10-11-12-13-14-15-21(17-16-20(5)24-18-22-19-25-22)23(26-7-2,27-8-3)28-9-4/h20-22H,6-19H2,1-5H3. The van der Waals surface area contributed by atoms with Gasteiger partial charge < -0.3 is 23.7 Å². The van der Waals surface area contributed by atoms with Crippen LogP contribution in [0.5, 0.6) is 0 Å². The molecule has 1 heterocycles. The summed E-state index contributed by atoms with van der Waals surface area (Å²) >= 11 is 0. The van der Waals surface area contributed by atoms with E-state index in [4.69, 9.17) is 23.7 Å². The van der Waals surface area contributed by atoms with Gasteiger partial charge in [-0.15, -0.1) is 0 Å². The molecule has 0 N–H and O–H groups in total. The molecule has 1 fully saturated rings. The minimum absolute atomic E-state index is 0.207. The minimum atomic E-state index is -0.930. The van der Waals surface area contributed by atoms with Crippen LogP contribution in [0.2, 0.25) is 0 Å². The Bertz CT molecular complexity index is 342. The lowest BCUT2D eigenvalue weighted by Crippen LogP contribution is -2.47. The molecule has 0 aromatic rings. The molecule has 0 aliphatic carbocycles. The lowest BCUT2D eigenvalue weighted by molar-refractivity contribution is -0.403. The van der Waals surface area contributed by atoms with Crippen LogP contribution in [0.3, 0.4) is 0 Å². The number of ether oxygens (including phenoxy) is 5. The zero-order valence-corrected chi connectivity index (χ0v) is 19.2. The van der Waals surface area contributed by atoms with Crippen molar-refractivity contribution in [3.8, 4) is 0 Å². The average molecular weight is 403 g/mol. The monoisotopic (exact) mass is 402 g/mol. The summed E-state index contributed by atoms with van der Waals surface area (Å²) in [7, 11) is 0. The zero-order valence-electron chi connectivity index (χ0n) is 19.2. The maximum atomic E-state index is 6.10. The van der Waals surface area contributed by atoms with Crippen LogP contribution in [-0.4, -0.2) is 51.2 Å². The van der Waals surface area contributed by atoms with Crippen molar-refractivity contribution >= 4 is 0 Å². The first-order chi connectivity index (χ1) is 13.6. The molecule has 28 heavy (non-hydrogen) atoms. The smallest absolute Gasteiger partial charge is 0.285 e. The van der Waals surface area contributed by atoms with Crippen LogP contribution in [0.1, 0.15) is 92.4 Å². The van der Waals surface area contributed by atoms with Crippen molar-refractivity contribution in [1.82, 2.24) is 0 Å². The quantitative estimate of drug-likeness (QED) is 0.148. The fourth-order valence-electron chi connectivity index (χ4n) is 3.71. The van der Waals surface area contributed by atoms with Gasteiger partial charge in [0.05, 0.1) is 19.3 Å². The fourth-order valence-corrected chi connectivity index (χ4v) is 3.71. The molecular weight excluding hydrogens is 356 g/mol. The number of hydrogen-bond donors (Lipinski definition) is 0. The number of rotatable bonds is 20. The molecule has 0 radical (unpaired) electrons. The van der Waals surface area contributed by atoms with E-state index in [0.29, 0.717) is 32.5 Å². The van der Waals surface area contributed by atoms with Crippen molar-refractivity contribution < 1.29 is 23.7 Å². The molecule has 0 bridgehead atoms. The fraction of sp³-hybridized carbons (Fsp3) is 1.00. The second-order valence-electron chi connectivity index (χ2n) is 7.83. The molecule has 1 aliphatic heterocycles. The highest BCUT2D eigenvalue weighted by Crippen LogP contribution is 2.34. The zero-order chi connectivity index (χ0) is 20.7. The summed E-state index contributed by atoms with van der Waals surface area (Å²) in [6.07, 6.45) is 11.3. The molecule has 1 saturated heterocycles. The Labute approximate surface area is 173 Å². The van der Waals surface area contributed by atoms with Gasteiger partial charge in [0.1, 0.15) is 6.10 Å². The Balaban J connectivity index is 2.62. The van der Waals surface area contributed by atoms with E-state index < -0.39 is 5.97 Å². The van der Waals surface area contributed by atoms with Gasteiger partial charge in [-0.1, -0.05) is 45.4 Å². The normalized spacial score (nSPS) is 19.0. The SMILES string of the molecule is CCCCCCCCC(CCC(C)OCC1CO1)C(OCC)(OCC)OCC. The van der Waals surface area contributed by atoms with E-state index in [1.54, 1.807) is 0 Å².